The first-order valence-electron chi connectivity index (χ1n) is 4.49. The van der Waals surface area contributed by atoms with Crippen LogP contribution in [0.2, 0.25) is 0 Å². The zero-order valence-electron chi connectivity index (χ0n) is 9.76. The summed E-state index contributed by atoms with van der Waals surface area (Å²) in [5.74, 6) is 2.33. The van der Waals surface area contributed by atoms with E-state index >= 15 is 0 Å². The minimum Gasteiger partial charge on any atom is -0.251 e. The predicted octanol–water partition coefficient (Wildman–Crippen LogP) is -2.72. The molecule has 0 unspecified atom stereocenters. The Bertz CT molecular complexity index is 185. The SMILES string of the molecule is [2H][B-]([2H])([2H])C#N.[2H][B-]([2H])([2H])C#N.[Mg+2]. The molecule has 0 bridgehead atoms. The normalized spacial score (nSPS) is 18.6. The molecule has 0 atom stereocenters. The van der Waals surface area contributed by atoms with Crippen molar-refractivity contribution in [2.45, 2.75) is 0 Å². The zero-order valence-corrected chi connectivity index (χ0v) is 5.17. The van der Waals surface area contributed by atoms with E-state index < -0.39 is 15.5 Å². The van der Waals surface area contributed by atoms with Crippen LogP contribution in [-0.2, 0) is 0 Å². The molecule has 0 radical (unpaired) electrons. The van der Waals surface area contributed by atoms with Crippen molar-refractivity contribution in [2.75, 3.05) is 0 Å². The van der Waals surface area contributed by atoms with Crippen LogP contribution in [0.1, 0.15) is 0 Å². The van der Waals surface area contributed by atoms with Crippen molar-refractivity contribution in [3.63, 3.8) is 0 Å². The van der Waals surface area contributed by atoms with Gasteiger partial charge in [-0.15, -0.1) is 0 Å². The van der Waals surface area contributed by atoms with E-state index in [2.05, 4.69) is 0 Å². The van der Waals surface area contributed by atoms with E-state index in [0.717, 1.165) is 0 Å². The van der Waals surface area contributed by atoms with E-state index in [1.54, 1.807) is 0 Å². The second-order valence-electron chi connectivity index (χ2n) is 0.258. The maximum Gasteiger partial charge on any atom is 2.00 e. The van der Waals surface area contributed by atoms with Crippen molar-refractivity contribution >= 4 is 38.5 Å². The molecule has 0 rings (SSSR count). The van der Waals surface area contributed by atoms with Crippen LogP contribution in [0.3, 0.4) is 0 Å². The second kappa shape index (κ2) is 39.7. The molecule has 0 fully saturated rings. The molecule has 0 aromatic carbocycles. The molecule has 0 saturated carbocycles. The van der Waals surface area contributed by atoms with Crippen molar-refractivity contribution in [1.29, 1.82) is 18.5 Å². The molecule has 0 aliphatic rings. The molecule has 0 aromatic heterocycles. The number of nitriles is 2. The summed E-state index contributed by atoms with van der Waals surface area (Å²) in [5.41, 5.74) is 0. The van der Waals surface area contributed by atoms with Crippen molar-refractivity contribution in [3.05, 3.63) is 0 Å². The largest absolute Gasteiger partial charge is 2.00 e. The molecule has 0 saturated heterocycles. The average Bonchev–Trinajstić information content (AvgIpc) is 1.86. The van der Waals surface area contributed by atoms with Crippen LogP contribution < -0.4 is 0 Å². The van der Waals surface area contributed by atoms with E-state index in [1.807, 2.05) is 0 Å². The fourth-order valence-corrected chi connectivity index (χ4v) is 0. The first kappa shape index (κ1) is 2.43. The Labute approximate surface area is 69.6 Å². The van der Waals surface area contributed by atoms with E-state index in [9.17, 15) is 0 Å². The maximum absolute atomic E-state index is 7.62. The Morgan fingerprint density at radius 1 is 1.29 bits per heavy atom. The van der Waals surface area contributed by atoms with Gasteiger partial charge >= 0.3 is 23.1 Å². The third kappa shape index (κ3) is 5750. The van der Waals surface area contributed by atoms with Gasteiger partial charge in [0.25, 0.3) is 0 Å². The molecule has 7 heavy (non-hydrogen) atoms. The van der Waals surface area contributed by atoms with Gasteiger partial charge in [0, 0.05) is 0 Å². The van der Waals surface area contributed by atoms with Gasteiger partial charge in [0.05, 0.1) is 15.5 Å². The zero-order chi connectivity index (χ0) is 10.4. The predicted molar refractivity (Wildman–Crippen MR) is 36.9 cm³/mol. The van der Waals surface area contributed by atoms with Gasteiger partial charge in [-0.2, -0.15) is 11.9 Å². The van der Waals surface area contributed by atoms with E-state index in [1.165, 1.54) is 11.9 Å². The van der Waals surface area contributed by atoms with Crippen molar-refractivity contribution in [1.82, 2.24) is 0 Å². The van der Waals surface area contributed by atoms with Gasteiger partial charge in [-0.1, -0.05) is 0 Å². The summed E-state index contributed by atoms with van der Waals surface area (Å²) in [7, 11) is -5.86. The third-order valence-electron chi connectivity index (χ3n) is 0. The molecule has 0 aromatic rings. The van der Waals surface area contributed by atoms with Crippen molar-refractivity contribution in [2.24, 2.45) is 0 Å². The number of nitrogens with zero attached hydrogens (tertiary/aromatic N) is 2. The van der Waals surface area contributed by atoms with Crippen LogP contribution >= 0.6 is 0 Å². The summed E-state index contributed by atoms with van der Waals surface area (Å²) >= 11 is 0. The van der Waals surface area contributed by atoms with Crippen LogP contribution in [0.5, 0.6) is 0 Å². The number of hydrogen-bond acceptors (Lipinski definition) is 2. The average molecular weight is 110 g/mol. The standard InChI is InChI=1S/2CH3BN.Mg/c2*2-1-3;/h2*2H3;/q2*-1;+2/i2*2D3;. The minimum absolute atomic E-state index is 0. The van der Waals surface area contributed by atoms with Crippen molar-refractivity contribution in [3.8, 4) is 11.9 Å². The molecule has 0 amide bonds. The molecule has 0 N–H and O–H groups in total. The van der Waals surface area contributed by atoms with E-state index in [-0.39, 0.29) is 23.1 Å². The molecule has 2 nitrogen and oxygen atoms in total. The summed E-state index contributed by atoms with van der Waals surface area (Å²) in [4.78, 5) is 0. The first-order chi connectivity index (χ1) is 5.12. The van der Waals surface area contributed by atoms with E-state index in [0.29, 0.717) is 0 Å². The third-order valence-corrected chi connectivity index (χ3v) is 0. The summed E-state index contributed by atoms with van der Waals surface area (Å²) in [6.45, 7) is 0. The first-order valence-corrected chi connectivity index (χ1v) is 1.02. The molecule has 0 heterocycles. The van der Waals surface area contributed by atoms with Crippen LogP contribution in [0.4, 0.5) is 0 Å². The van der Waals surface area contributed by atoms with Crippen LogP contribution in [0.15, 0.2) is 0 Å². The van der Waals surface area contributed by atoms with Crippen LogP contribution in [-0.4, -0.2) is 46.5 Å². The van der Waals surface area contributed by atoms with Gasteiger partial charge in [-0.05, 0) is 0 Å². The van der Waals surface area contributed by atoms with Gasteiger partial charge in [0.2, 0.25) is 0 Å². The van der Waals surface area contributed by atoms with Gasteiger partial charge in [0.15, 0.2) is 0 Å². The van der Waals surface area contributed by atoms with Crippen LogP contribution in [0.25, 0.3) is 0 Å². The minimum atomic E-state index is -2.93. The quantitative estimate of drug-likeness (QED) is 0.318. The number of rotatable bonds is 0. The molecule has 32 valence electrons. The molecule has 0 spiro atoms. The van der Waals surface area contributed by atoms with Gasteiger partial charge < -0.3 is 0 Å². The van der Waals surface area contributed by atoms with E-state index in [4.69, 9.17) is 18.5 Å². The smallest absolute Gasteiger partial charge is 0.251 e. The molecule has 0 aliphatic heterocycles. The number of hydrogen-bond donors (Lipinski definition) is 0. The Balaban J connectivity index is -0.000000143. The molecular formula is C2H6B2MgN2. The summed E-state index contributed by atoms with van der Waals surface area (Å²) in [5, 5.41) is 15.2. The Morgan fingerprint density at radius 3 is 1.43 bits per heavy atom. The Kier molecular flexibility index (Phi) is 13.8. The molecule has 5 heteroatoms. The Hall–Kier alpha value is -0.124. The maximum atomic E-state index is 7.62. The molecular weight excluding hydrogens is 98.0 g/mol. The van der Waals surface area contributed by atoms with Crippen molar-refractivity contribution < 1.29 is 0 Å². The Morgan fingerprint density at radius 2 is 1.43 bits per heavy atom. The van der Waals surface area contributed by atoms with Crippen LogP contribution in [0, 0.1) is 22.5 Å². The molecule has 0 aliphatic carbocycles. The monoisotopic (exact) mass is 110 g/mol. The summed E-state index contributed by atoms with van der Waals surface area (Å²) < 4.78 is 37.3. The summed E-state index contributed by atoms with van der Waals surface area (Å²) in [6, 6.07) is 0. The topological polar surface area (TPSA) is 47.6 Å². The fraction of sp³-hybridized carbons (Fsp3) is 0. The van der Waals surface area contributed by atoms with Gasteiger partial charge in [-0.3, -0.25) is 10.5 Å². The summed E-state index contributed by atoms with van der Waals surface area (Å²) in [6.07, 6.45) is 0. The van der Waals surface area contributed by atoms with Gasteiger partial charge in [-0.25, -0.2) is 8.01 Å². The van der Waals surface area contributed by atoms with Gasteiger partial charge in [0.1, 0.15) is 0 Å². The fourth-order valence-electron chi connectivity index (χ4n) is 0. The second-order valence-corrected chi connectivity index (χ2v) is 0.258.